The van der Waals surface area contributed by atoms with E-state index in [1.165, 1.54) is 88.8 Å². The Morgan fingerprint density at radius 3 is 1.40 bits per heavy atom. The SMILES string of the molecule is CCCCCCCC/C=C\COC(=O)CCCCCN(CCCCCC(=O)OC/C=C/CCCCCCCC)C(=O)SCCN(C)C. The molecule has 0 spiro atoms. The molecule has 0 saturated heterocycles. The molecule has 0 atom stereocenters. The van der Waals surface area contributed by atoms with Crippen molar-refractivity contribution >= 4 is 28.9 Å². The summed E-state index contributed by atoms with van der Waals surface area (Å²) in [4.78, 5) is 41.1. The first-order valence-electron chi connectivity index (χ1n) is 19.1. The first kappa shape index (κ1) is 45.2. The number of esters is 2. The lowest BCUT2D eigenvalue weighted by Crippen LogP contribution is -2.31. The molecule has 0 radical (unpaired) electrons. The van der Waals surface area contributed by atoms with Crippen LogP contribution in [-0.4, -0.2) is 79.7 Å². The van der Waals surface area contributed by atoms with Crippen LogP contribution >= 0.6 is 11.8 Å². The van der Waals surface area contributed by atoms with Crippen molar-refractivity contribution in [1.82, 2.24) is 9.80 Å². The van der Waals surface area contributed by atoms with Gasteiger partial charge in [-0.15, -0.1) is 0 Å². The lowest BCUT2D eigenvalue weighted by atomic mass is 10.1. The second-order valence-electron chi connectivity index (χ2n) is 12.9. The Hall–Kier alpha value is -1.80. The minimum Gasteiger partial charge on any atom is -0.461 e. The molecule has 0 unspecified atom stereocenters. The van der Waals surface area contributed by atoms with E-state index in [2.05, 4.69) is 30.9 Å². The van der Waals surface area contributed by atoms with Crippen molar-refractivity contribution in [1.29, 1.82) is 0 Å². The van der Waals surface area contributed by atoms with Crippen LogP contribution in [0.5, 0.6) is 0 Å². The largest absolute Gasteiger partial charge is 0.461 e. The summed E-state index contributed by atoms with van der Waals surface area (Å²) >= 11 is 1.37. The Morgan fingerprint density at radius 2 is 0.957 bits per heavy atom. The molecular formula is C39H72N2O5S. The number of thioether (sulfide) groups is 1. The number of ether oxygens (including phenoxy) is 2. The van der Waals surface area contributed by atoms with Crippen molar-refractivity contribution < 1.29 is 23.9 Å². The molecule has 274 valence electrons. The Morgan fingerprint density at radius 1 is 0.532 bits per heavy atom. The third kappa shape index (κ3) is 33.9. The van der Waals surface area contributed by atoms with Crippen LogP contribution < -0.4 is 0 Å². The molecule has 0 aliphatic heterocycles. The molecule has 8 heteroatoms. The summed E-state index contributed by atoms with van der Waals surface area (Å²) in [6.07, 6.45) is 31.6. The first-order chi connectivity index (χ1) is 22.9. The molecule has 0 aromatic heterocycles. The van der Waals surface area contributed by atoms with Crippen LogP contribution in [-0.2, 0) is 19.1 Å². The third-order valence-electron chi connectivity index (χ3n) is 8.10. The highest BCUT2D eigenvalue weighted by atomic mass is 32.2. The van der Waals surface area contributed by atoms with Gasteiger partial charge in [-0.25, -0.2) is 0 Å². The molecule has 7 nitrogen and oxygen atoms in total. The fourth-order valence-corrected chi connectivity index (χ4v) is 6.08. The molecule has 1 amide bonds. The number of unbranched alkanes of at least 4 members (excludes halogenated alkanes) is 16. The smallest absolute Gasteiger partial charge is 0.306 e. The summed E-state index contributed by atoms with van der Waals surface area (Å²) in [5.74, 6) is 0.467. The van der Waals surface area contributed by atoms with E-state index in [0.717, 1.165) is 63.7 Å². The van der Waals surface area contributed by atoms with Gasteiger partial charge in [0.15, 0.2) is 0 Å². The minimum atomic E-state index is -0.149. The molecule has 47 heavy (non-hydrogen) atoms. The highest BCUT2D eigenvalue weighted by Gasteiger charge is 2.14. The van der Waals surface area contributed by atoms with Crippen LogP contribution in [0.2, 0.25) is 0 Å². The number of rotatable bonds is 33. The van der Waals surface area contributed by atoms with Crippen LogP contribution in [0.3, 0.4) is 0 Å². The van der Waals surface area contributed by atoms with Gasteiger partial charge >= 0.3 is 11.9 Å². The fourth-order valence-electron chi connectivity index (χ4n) is 5.08. The Labute approximate surface area is 294 Å². The molecular weight excluding hydrogens is 609 g/mol. The molecule has 0 aliphatic rings. The first-order valence-corrected chi connectivity index (χ1v) is 20.1. The van der Waals surface area contributed by atoms with E-state index in [4.69, 9.17) is 9.47 Å². The summed E-state index contributed by atoms with van der Waals surface area (Å²) in [7, 11) is 4.02. The number of hydrogen-bond acceptors (Lipinski definition) is 7. The quantitative estimate of drug-likeness (QED) is 0.0388. The van der Waals surface area contributed by atoms with Crippen molar-refractivity contribution in [3.05, 3.63) is 24.3 Å². The zero-order valence-electron chi connectivity index (χ0n) is 31.0. The molecule has 0 heterocycles. The van der Waals surface area contributed by atoms with Gasteiger partial charge in [-0.3, -0.25) is 14.4 Å². The van der Waals surface area contributed by atoms with Crippen LogP contribution in [0, 0.1) is 0 Å². The zero-order valence-corrected chi connectivity index (χ0v) is 31.8. The van der Waals surface area contributed by atoms with E-state index in [-0.39, 0.29) is 17.2 Å². The lowest BCUT2D eigenvalue weighted by molar-refractivity contribution is -0.143. The van der Waals surface area contributed by atoms with E-state index >= 15 is 0 Å². The van der Waals surface area contributed by atoms with Gasteiger partial charge < -0.3 is 19.3 Å². The van der Waals surface area contributed by atoms with Crippen molar-refractivity contribution in [2.45, 2.75) is 155 Å². The van der Waals surface area contributed by atoms with Crippen LogP contribution in [0.15, 0.2) is 24.3 Å². The van der Waals surface area contributed by atoms with Gasteiger partial charge in [-0.2, -0.15) is 0 Å². The lowest BCUT2D eigenvalue weighted by Gasteiger charge is -2.22. The van der Waals surface area contributed by atoms with E-state index < -0.39 is 0 Å². The van der Waals surface area contributed by atoms with Crippen molar-refractivity contribution in [3.8, 4) is 0 Å². The maximum atomic E-state index is 12.9. The third-order valence-corrected chi connectivity index (χ3v) is 9.00. The molecule has 0 saturated carbocycles. The summed E-state index contributed by atoms with van der Waals surface area (Å²) in [5.41, 5.74) is 0. The van der Waals surface area contributed by atoms with Gasteiger partial charge in [0.2, 0.25) is 0 Å². The Balaban J connectivity index is 4.13. The number of hydrogen-bond donors (Lipinski definition) is 0. The zero-order chi connectivity index (χ0) is 34.6. The Bertz CT molecular complexity index is 750. The highest BCUT2D eigenvalue weighted by Crippen LogP contribution is 2.14. The van der Waals surface area contributed by atoms with Gasteiger partial charge in [-0.05, 0) is 65.5 Å². The van der Waals surface area contributed by atoms with Gasteiger partial charge in [0, 0.05) is 38.2 Å². The summed E-state index contributed by atoms with van der Waals surface area (Å²) < 4.78 is 10.7. The standard InChI is InChI=1S/C39H72N2O5S/c1-5-7-9-11-13-15-17-19-27-34-45-37(42)29-23-21-25-31-41(39(44)47-36-33-40(3)4)32-26-22-24-30-38(43)46-35-28-20-18-16-14-12-10-8-6-2/h19-20,27-28H,5-18,21-26,29-36H2,1-4H3/b27-19-,28-20+. The second kappa shape index (κ2) is 35.5. The number of carbonyl (C=O) groups excluding carboxylic acids is 3. The molecule has 0 aromatic rings. The summed E-state index contributed by atoms with van der Waals surface area (Å²) in [5, 5.41) is 0.117. The van der Waals surface area contributed by atoms with Gasteiger partial charge in [-0.1, -0.05) is 127 Å². The van der Waals surface area contributed by atoms with Crippen molar-refractivity contribution in [2.75, 3.05) is 52.7 Å². The number of nitrogens with zero attached hydrogens (tertiary/aromatic N) is 2. The number of amides is 1. The molecule has 0 fully saturated rings. The molecule has 0 aliphatic carbocycles. The summed E-state index contributed by atoms with van der Waals surface area (Å²) in [6, 6.07) is 0. The average Bonchev–Trinajstić information content (AvgIpc) is 3.05. The van der Waals surface area contributed by atoms with E-state index in [9.17, 15) is 14.4 Å². The van der Waals surface area contributed by atoms with Gasteiger partial charge in [0.05, 0.1) is 0 Å². The monoisotopic (exact) mass is 681 g/mol. The van der Waals surface area contributed by atoms with Crippen LogP contribution in [0.4, 0.5) is 4.79 Å². The predicted molar refractivity (Wildman–Crippen MR) is 201 cm³/mol. The summed E-state index contributed by atoms with van der Waals surface area (Å²) in [6.45, 7) is 7.43. The van der Waals surface area contributed by atoms with Crippen LogP contribution in [0.1, 0.15) is 155 Å². The molecule has 0 N–H and O–H groups in total. The van der Waals surface area contributed by atoms with Crippen LogP contribution in [0.25, 0.3) is 0 Å². The maximum absolute atomic E-state index is 12.9. The Kier molecular flexibility index (Phi) is 34.1. The number of carbonyl (C=O) groups is 3. The minimum absolute atomic E-state index is 0.117. The van der Waals surface area contributed by atoms with E-state index in [1.54, 1.807) is 0 Å². The average molecular weight is 681 g/mol. The molecule has 0 rings (SSSR count). The molecule has 0 bridgehead atoms. The predicted octanol–water partition coefficient (Wildman–Crippen LogP) is 10.5. The topological polar surface area (TPSA) is 76.1 Å². The fraction of sp³-hybridized carbons (Fsp3) is 0.821. The van der Waals surface area contributed by atoms with E-state index in [0.29, 0.717) is 39.1 Å². The van der Waals surface area contributed by atoms with Gasteiger partial charge in [0.1, 0.15) is 13.2 Å². The maximum Gasteiger partial charge on any atom is 0.306 e. The highest BCUT2D eigenvalue weighted by molar-refractivity contribution is 8.13. The normalized spacial score (nSPS) is 11.6. The second-order valence-corrected chi connectivity index (χ2v) is 14.0. The van der Waals surface area contributed by atoms with Gasteiger partial charge in [0.25, 0.3) is 5.24 Å². The number of allylic oxidation sites excluding steroid dienone is 2. The van der Waals surface area contributed by atoms with E-state index in [1.807, 2.05) is 31.1 Å². The van der Waals surface area contributed by atoms with Crippen molar-refractivity contribution in [2.24, 2.45) is 0 Å². The molecule has 0 aromatic carbocycles. The van der Waals surface area contributed by atoms with Crippen molar-refractivity contribution in [3.63, 3.8) is 0 Å².